The topological polar surface area (TPSA) is 84.2 Å². The van der Waals surface area contributed by atoms with Crippen LogP contribution in [0.2, 0.25) is 0 Å². The normalized spacial score (nSPS) is 23.4. The Morgan fingerprint density at radius 2 is 1.86 bits per heavy atom. The molecule has 0 spiro atoms. The molecule has 2 saturated carbocycles. The van der Waals surface area contributed by atoms with Gasteiger partial charge < -0.3 is 16.4 Å². The maximum absolute atomic E-state index is 12.1. The van der Waals surface area contributed by atoms with Gasteiger partial charge in [0.15, 0.2) is 0 Å². The number of nitrogens with one attached hydrogen (secondary N) is 2. The third-order valence-electron chi connectivity index (χ3n) is 4.93. The van der Waals surface area contributed by atoms with Gasteiger partial charge in [0.1, 0.15) is 0 Å². The third-order valence-corrected chi connectivity index (χ3v) is 4.93. The Labute approximate surface area is 127 Å². The summed E-state index contributed by atoms with van der Waals surface area (Å²) in [6, 6.07) is -0.126. The molecule has 0 aromatic carbocycles. The first kappa shape index (κ1) is 16.3. The van der Waals surface area contributed by atoms with Gasteiger partial charge in [-0.15, -0.1) is 0 Å². The molecule has 2 fully saturated rings. The molecule has 0 bridgehead atoms. The summed E-state index contributed by atoms with van der Waals surface area (Å²) in [6.45, 7) is 4.37. The van der Waals surface area contributed by atoms with Gasteiger partial charge in [-0.2, -0.15) is 0 Å². The van der Waals surface area contributed by atoms with E-state index in [1.165, 1.54) is 0 Å². The Bertz CT molecular complexity index is 389. The highest BCUT2D eigenvalue weighted by Gasteiger charge is 2.41. The van der Waals surface area contributed by atoms with Gasteiger partial charge in [-0.05, 0) is 45.4 Å². The van der Waals surface area contributed by atoms with Crippen LogP contribution in [-0.4, -0.2) is 29.9 Å². The van der Waals surface area contributed by atoms with Crippen LogP contribution in [0, 0.1) is 11.8 Å². The second-order valence-corrected chi connectivity index (χ2v) is 7.04. The van der Waals surface area contributed by atoms with Crippen LogP contribution in [-0.2, 0) is 9.59 Å². The highest BCUT2D eigenvalue weighted by molar-refractivity contribution is 5.81. The van der Waals surface area contributed by atoms with Gasteiger partial charge >= 0.3 is 0 Å². The molecule has 5 heteroatoms. The van der Waals surface area contributed by atoms with Crippen molar-refractivity contribution in [1.82, 2.24) is 10.6 Å². The maximum atomic E-state index is 12.1. The van der Waals surface area contributed by atoms with Crippen LogP contribution in [0.15, 0.2) is 0 Å². The van der Waals surface area contributed by atoms with E-state index in [1.54, 1.807) is 0 Å². The first-order valence-electron chi connectivity index (χ1n) is 8.26. The van der Waals surface area contributed by atoms with E-state index in [0.717, 1.165) is 38.5 Å². The van der Waals surface area contributed by atoms with Crippen LogP contribution >= 0.6 is 0 Å². The molecule has 4 N–H and O–H groups in total. The van der Waals surface area contributed by atoms with Gasteiger partial charge in [-0.1, -0.05) is 12.8 Å². The molecule has 0 heterocycles. The number of amides is 2. The molecule has 2 aliphatic rings. The third kappa shape index (κ3) is 4.43. The Balaban J connectivity index is 1.74. The van der Waals surface area contributed by atoms with Crippen LogP contribution in [0.4, 0.5) is 0 Å². The predicted molar refractivity (Wildman–Crippen MR) is 82.5 cm³/mol. The van der Waals surface area contributed by atoms with Gasteiger partial charge in [0.25, 0.3) is 0 Å². The van der Waals surface area contributed by atoms with Gasteiger partial charge in [-0.25, -0.2) is 0 Å². The number of carbonyl (C=O) groups is 2. The minimum absolute atomic E-state index is 0.0194. The van der Waals surface area contributed by atoms with Gasteiger partial charge in [-0.3, -0.25) is 9.59 Å². The standard InChI is InChI=1S/C16H29N3O2/c1-11(18-15(21)12-5-3-4-6-12)9-14(20)19-16(2,10-17)13-7-8-13/h11-13H,3-10,17H2,1-2H3,(H,18,21)(H,19,20). The molecule has 21 heavy (non-hydrogen) atoms. The van der Waals surface area contributed by atoms with Crippen molar-refractivity contribution in [2.24, 2.45) is 17.6 Å². The Hall–Kier alpha value is -1.10. The van der Waals surface area contributed by atoms with Crippen LogP contribution in [0.1, 0.15) is 58.8 Å². The molecule has 2 rings (SSSR count). The van der Waals surface area contributed by atoms with Crippen molar-refractivity contribution >= 4 is 11.8 Å². The summed E-state index contributed by atoms with van der Waals surface area (Å²) in [6.07, 6.45) is 6.85. The molecule has 0 aromatic rings. The van der Waals surface area contributed by atoms with Crippen molar-refractivity contribution in [2.45, 2.75) is 70.4 Å². The summed E-state index contributed by atoms with van der Waals surface area (Å²) >= 11 is 0. The molecular formula is C16H29N3O2. The van der Waals surface area contributed by atoms with Crippen molar-refractivity contribution in [3.05, 3.63) is 0 Å². The largest absolute Gasteiger partial charge is 0.353 e. The van der Waals surface area contributed by atoms with E-state index in [4.69, 9.17) is 5.73 Å². The molecule has 2 amide bonds. The summed E-state index contributed by atoms with van der Waals surface area (Å²) in [5.74, 6) is 0.747. The van der Waals surface area contributed by atoms with Crippen molar-refractivity contribution in [3.63, 3.8) is 0 Å². The SMILES string of the molecule is CC(CC(=O)NC(C)(CN)C1CC1)NC(=O)C1CCCC1. The molecule has 0 aromatic heterocycles. The lowest BCUT2D eigenvalue weighted by molar-refractivity contribution is -0.126. The van der Waals surface area contributed by atoms with E-state index in [-0.39, 0.29) is 29.3 Å². The quantitative estimate of drug-likeness (QED) is 0.662. The van der Waals surface area contributed by atoms with Gasteiger partial charge in [0, 0.05) is 24.9 Å². The fourth-order valence-corrected chi connectivity index (χ4v) is 3.29. The van der Waals surface area contributed by atoms with Crippen molar-refractivity contribution in [2.75, 3.05) is 6.54 Å². The number of nitrogens with two attached hydrogens (primary N) is 1. The van der Waals surface area contributed by atoms with E-state index < -0.39 is 0 Å². The van der Waals surface area contributed by atoms with E-state index in [1.807, 2.05) is 13.8 Å². The minimum atomic E-state index is -0.285. The smallest absolute Gasteiger partial charge is 0.223 e. The highest BCUT2D eigenvalue weighted by Crippen LogP contribution is 2.39. The lowest BCUT2D eigenvalue weighted by Gasteiger charge is -2.30. The second-order valence-electron chi connectivity index (χ2n) is 7.04. The van der Waals surface area contributed by atoms with Crippen molar-refractivity contribution in [3.8, 4) is 0 Å². The number of hydrogen-bond acceptors (Lipinski definition) is 3. The monoisotopic (exact) mass is 295 g/mol. The van der Waals surface area contributed by atoms with Gasteiger partial charge in [0.2, 0.25) is 11.8 Å². The molecule has 0 aliphatic heterocycles. The van der Waals surface area contributed by atoms with Crippen LogP contribution in [0.5, 0.6) is 0 Å². The maximum Gasteiger partial charge on any atom is 0.223 e. The zero-order chi connectivity index (χ0) is 15.5. The average Bonchev–Trinajstić information content (AvgIpc) is 3.14. The lowest BCUT2D eigenvalue weighted by atomic mass is 9.95. The van der Waals surface area contributed by atoms with Gasteiger partial charge in [0.05, 0.1) is 5.54 Å². The first-order valence-corrected chi connectivity index (χ1v) is 8.26. The summed E-state index contributed by atoms with van der Waals surface area (Å²) in [5.41, 5.74) is 5.52. The van der Waals surface area contributed by atoms with Crippen LogP contribution in [0.25, 0.3) is 0 Å². The summed E-state index contributed by atoms with van der Waals surface area (Å²) in [5, 5.41) is 6.03. The number of rotatable bonds is 7. The van der Waals surface area contributed by atoms with Crippen molar-refractivity contribution < 1.29 is 9.59 Å². The van der Waals surface area contributed by atoms with E-state index >= 15 is 0 Å². The van der Waals surface area contributed by atoms with E-state index in [0.29, 0.717) is 18.9 Å². The zero-order valence-electron chi connectivity index (χ0n) is 13.3. The molecular weight excluding hydrogens is 266 g/mol. The predicted octanol–water partition coefficient (Wildman–Crippen LogP) is 1.32. The Kier molecular flexibility index (Phi) is 5.25. The van der Waals surface area contributed by atoms with E-state index in [9.17, 15) is 9.59 Å². The fourth-order valence-electron chi connectivity index (χ4n) is 3.29. The minimum Gasteiger partial charge on any atom is -0.353 e. The van der Waals surface area contributed by atoms with Crippen LogP contribution < -0.4 is 16.4 Å². The molecule has 0 radical (unpaired) electrons. The Morgan fingerprint density at radius 3 is 2.38 bits per heavy atom. The Morgan fingerprint density at radius 1 is 1.24 bits per heavy atom. The molecule has 2 atom stereocenters. The zero-order valence-corrected chi connectivity index (χ0v) is 13.3. The molecule has 2 unspecified atom stereocenters. The second kappa shape index (κ2) is 6.77. The van der Waals surface area contributed by atoms with Crippen molar-refractivity contribution in [1.29, 1.82) is 0 Å². The molecule has 2 aliphatic carbocycles. The number of hydrogen-bond donors (Lipinski definition) is 3. The summed E-state index contributed by atoms with van der Waals surface area (Å²) in [7, 11) is 0. The molecule has 5 nitrogen and oxygen atoms in total. The van der Waals surface area contributed by atoms with E-state index in [2.05, 4.69) is 10.6 Å². The molecule has 0 saturated heterocycles. The highest BCUT2D eigenvalue weighted by atomic mass is 16.2. The average molecular weight is 295 g/mol. The summed E-state index contributed by atoms with van der Waals surface area (Å²) in [4.78, 5) is 24.2. The summed E-state index contributed by atoms with van der Waals surface area (Å²) < 4.78 is 0. The molecule has 120 valence electrons. The van der Waals surface area contributed by atoms with Crippen LogP contribution in [0.3, 0.4) is 0 Å². The fraction of sp³-hybridized carbons (Fsp3) is 0.875. The first-order chi connectivity index (χ1) is 9.94. The lowest BCUT2D eigenvalue weighted by Crippen LogP contribution is -2.54. The number of carbonyl (C=O) groups excluding carboxylic acids is 2.